The first-order valence-corrected chi connectivity index (χ1v) is 10.9. The fourth-order valence-electron chi connectivity index (χ4n) is 3.72. The van der Waals surface area contributed by atoms with Crippen LogP contribution < -0.4 is 5.32 Å². The molecule has 1 heterocycles. The normalized spacial score (nSPS) is 10.8. The molecule has 0 aliphatic carbocycles. The van der Waals surface area contributed by atoms with Crippen molar-refractivity contribution in [3.63, 3.8) is 0 Å². The van der Waals surface area contributed by atoms with Crippen LogP contribution in [0.4, 0.5) is 5.69 Å². The van der Waals surface area contributed by atoms with Gasteiger partial charge >= 0.3 is 0 Å². The standard InChI is InChI=1S/C24H26Cl2N4O2/c1-14-10-15(2)22(16(3)11-14)27-20(31)13-29(5)24(32)21-17(4)28-30(23(21)26)12-18-8-6-7-9-19(18)25/h6-11H,12-13H2,1-5H3,(H,27,31). The molecule has 6 nitrogen and oxygen atoms in total. The molecule has 0 aliphatic heterocycles. The van der Waals surface area contributed by atoms with E-state index in [1.807, 2.05) is 51.1 Å². The van der Waals surface area contributed by atoms with Gasteiger partial charge in [0.1, 0.15) is 5.15 Å². The second kappa shape index (κ2) is 9.76. The molecule has 0 fully saturated rings. The van der Waals surface area contributed by atoms with Gasteiger partial charge in [-0.2, -0.15) is 5.10 Å². The van der Waals surface area contributed by atoms with Gasteiger partial charge in [0, 0.05) is 17.8 Å². The first kappa shape index (κ1) is 23.8. The molecule has 0 saturated carbocycles. The van der Waals surface area contributed by atoms with E-state index in [4.69, 9.17) is 23.2 Å². The minimum atomic E-state index is -0.370. The highest BCUT2D eigenvalue weighted by Gasteiger charge is 2.25. The maximum absolute atomic E-state index is 13.1. The Morgan fingerprint density at radius 1 is 1.06 bits per heavy atom. The van der Waals surface area contributed by atoms with E-state index < -0.39 is 0 Å². The molecule has 3 rings (SSSR count). The lowest BCUT2D eigenvalue weighted by Gasteiger charge is -2.18. The first-order valence-electron chi connectivity index (χ1n) is 10.2. The number of halogens is 2. The van der Waals surface area contributed by atoms with E-state index in [-0.39, 0.29) is 29.1 Å². The average Bonchev–Trinajstić information content (AvgIpc) is 2.99. The minimum Gasteiger partial charge on any atom is -0.332 e. The third-order valence-electron chi connectivity index (χ3n) is 5.23. The number of nitrogens with one attached hydrogen (secondary N) is 1. The highest BCUT2D eigenvalue weighted by atomic mass is 35.5. The fraction of sp³-hybridized carbons (Fsp3) is 0.292. The van der Waals surface area contributed by atoms with Crippen molar-refractivity contribution >= 4 is 40.7 Å². The van der Waals surface area contributed by atoms with E-state index in [1.165, 1.54) is 9.58 Å². The third-order valence-corrected chi connectivity index (χ3v) is 5.98. The summed E-state index contributed by atoms with van der Waals surface area (Å²) in [5, 5.41) is 8.13. The van der Waals surface area contributed by atoms with E-state index >= 15 is 0 Å². The van der Waals surface area contributed by atoms with Crippen LogP contribution in [0, 0.1) is 27.7 Å². The Balaban J connectivity index is 1.74. The lowest BCUT2D eigenvalue weighted by molar-refractivity contribution is -0.116. The quantitative estimate of drug-likeness (QED) is 0.536. The van der Waals surface area contributed by atoms with Crippen LogP contribution in [0.1, 0.15) is 38.3 Å². The van der Waals surface area contributed by atoms with Crippen LogP contribution in [0.15, 0.2) is 36.4 Å². The van der Waals surface area contributed by atoms with Crippen LogP contribution in [0.3, 0.4) is 0 Å². The zero-order chi connectivity index (χ0) is 23.6. The number of likely N-dealkylation sites (N-methyl/N-ethyl adjacent to an activating group) is 1. The van der Waals surface area contributed by atoms with Gasteiger partial charge in [-0.1, -0.05) is 59.1 Å². The molecule has 0 unspecified atom stereocenters. The largest absolute Gasteiger partial charge is 0.332 e. The van der Waals surface area contributed by atoms with Crippen LogP contribution in [-0.4, -0.2) is 40.1 Å². The zero-order valence-corrected chi connectivity index (χ0v) is 20.3. The van der Waals surface area contributed by atoms with Crippen LogP contribution in [0.5, 0.6) is 0 Å². The van der Waals surface area contributed by atoms with E-state index in [9.17, 15) is 9.59 Å². The number of carbonyl (C=O) groups excluding carboxylic acids is 2. The summed E-state index contributed by atoms with van der Waals surface area (Å²) in [6.07, 6.45) is 0. The number of rotatable bonds is 6. The third kappa shape index (κ3) is 5.14. The molecule has 0 atom stereocenters. The number of anilines is 1. The molecule has 3 aromatic rings. The van der Waals surface area contributed by atoms with Crippen molar-refractivity contribution in [3.05, 3.63) is 80.1 Å². The van der Waals surface area contributed by atoms with E-state index in [0.717, 1.165) is 27.9 Å². The van der Waals surface area contributed by atoms with Gasteiger partial charge in [0.2, 0.25) is 5.91 Å². The summed E-state index contributed by atoms with van der Waals surface area (Å²) in [7, 11) is 1.57. The number of amides is 2. The Labute approximate surface area is 198 Å². The van der Waals surface area contributed by atoms with Gasteiger partial charge in [0.05, 0.1) is 24.3 Å². The van der Waals surface area contributed by atoms with Crippen LogP contribution in [0.2, 0.25) is 10.2 Å². The van der Waals surface area contributed by atoms with Gasteiger partial charge < -0.3 is 10.2 Å². The smallest absolute Gasteiger partial charge is 0.259 e. The van der Waals surface area contributed by atoms with Crippen LogP contribution in [-0.2, 0) is 11.3 Å². The number of hydrogen-bond donors (Lipinski definition) is 1. The Morgan fingerprint density at radius 2 is 1.69 bits per heavy atom. The predicted octanol–water partition coefficient (Wildman–Crippen LogP) is 5.18. The summed E-state index contributed by atoms with van der Waals surface area (Å²) in [5.41, 5.74) is 5.46. The number of nitrogens with zero attached hydrogens (tertiary/aromatic N) is 3. The molecule has 0 saturated heterocycles. The monoisotopic (exact) mass is 472 g/mol. The average molecular weight is 473 g/mol. The van der Waals surface area contributed by atoms with Crippen molar-refractivity contribution < 1.29 is 9.59 Å². The second-order valence-electron chi connectivity index (χ2n) is 7.98. The molecule has 2 amide bonds. The molecule has 32 heavy (non-hydrogen) atoms. The Kier molecular flexibility index (Phi) is 7.26. The Morgan fingerprint density at radius 3 is 2.31 bits per heavy atom. The van der Waals surface area contributed by atoms with Gasteiger partial charge in [-0.25, -0.2) is 4.68 Å². The zero-order valence-electron chi connectivity index (χ0n) is 18.8. The van der Waals surface area contributed by atoms with Gasteiger partial charge in [-0.05, 0) is 50.5 Å². The molecule has 0 bridgehead atoms. The molecule has 168 valence electrons. The molecule has 1 aromatic heterocycles. The molecule has 0 aliphatic rings. The lowest BCUT2D eigenvalue weighted by Crippen LogP contribution is -2.35. The minimum absolute atomic E-state index is 0.114. The molecule has 2 aromatic carbocycles. The van der Waals surface area contributed by atoms with Crippen molar-refractivity contribution in [2.45, 2.75) is 34.2 Å². The van der Waals surface area contributed by atoms with E-state index in [2.05, 4.69) is 10.4 Å². The molecule has 0 radical (unpaired) electrons. The highest BCUT2D eigenvalue weighted by molar-refractivity contribution is 6.33. The number of benzene rings is 2. The molecular formula is C24H26Cl2N4O2. The highest BCUT2D eigenvalue weighted by Crippen LogP contribution is 2.25. The lowest BCUT2D eigenvalue weighted by atomic mass is 10.1. The summed E-state index contributed by atoms with van der Waals surface area (Å²) in [5.74, 6) is -0.654. The SMILES string of the molecule is Cc1cc(C)c(NC(=O)CN(C)C(=O)c2c(C)nn(Cc3ccccc3Cl)c2Cl)c(C)c1. The molecule has 1 N–H and O–H groups in total. The number of aromatic nitrogens is 2. The number of carbonyl (C=O) groups is 2. The van der Waals surface area contributed by atoms with Gasteiger partial charge in [0.25, 0.3) is 5.91 Å². The number of hydrogen-bond acceptors (Lipinski definition) is 3. The molecular weight excluding hydrogens is 447 g/mol. The van der Waals surface area contributed by atoms with E-state index in [1.54, 1.807) is 20.0 Å². The van der Waals surface area contributed by atoms with Crippen LogP contribution in [0.25, 0.3) is 0 Å². The van der Waals surface area contributed by atoms with Gasteiger partial charge in [-0.3, -0.25) is 9.59 Å². The predicted molar refractivity (Wildman–Crippen MR) is 129 cm³/mol. The maximum atomic E-state index is 13.1. The molecule has 0 spiro atoms. The van der Waals surface area contributed by atoms with Crippen LogP contribution >= 0.6 is 23.2 Å². The van der Waals surface area contributed by atoms with Gasteiger partial charge in [0.15, 0.2) is 0 Å². The fourth-order valence-corrected chi connectivity index (χ4v) is 4.23. The van der Waals surface area contributed by atoms with E-state index in [0.29, 0.717) is 17.3 Å². The topological polar surface area (TPSA) is 67.2 Å². The maximum Gasteiger partial charge on any atom is 0.259 e. The Bertz CT molecular complexity index is 1160. The summed E-state index contributed by atoms with van der Waals surface area (Å²) in [6, 6.07) is 11.4. The first-order chi connectivity index (χ1) is 15.1. The molecule has 8 heteroatoms. The van der Waals surface area contributed by atoms with Gasteiger partial charge in [-0.15, -0.1) is 0 Å². The van der Waals surface area contributed by atoms with Crippen molar-refractivity contribution in [2.75, 3.05) is 18.9 Å². The van der Waals surface area contributed by atoms with Crippen molar-refractivity contribution in [3.8, 4) is 0 Å². The number of aryl methyl sites for hydroxylation is 4. The van der Waals surface area contributed by atoms with Crippen molar-refractivity contribution in [1.82, 2.24) is 14.7 Å². The summed E-state index contributed by atoms with van der Waals surface area (Å²) >= 11 is 12.7. The summed E-state index contributed by atoms with van der Waals surface area (Å²) in [4.78, 5) is 27.0. The summed E-state index contributed by atoms with van der Waals surface area (Å²) in [6.45, 7) is 7.84. The van der Waals surface area contributed by atoms with Crippen molar-refractivity contribution in [2.24, 2.45) is 0 Å². The summed E-state index contributed by atoms with van der Waals surface area (Å²) < 4.78 is 1.54. The Hall–Kier alpha value is -2.83. The second-order valence-corrected chi connectivity index (χ2v) is 8.75. The van der Waals surface area contributed by atoms with Crippen molar-refractivity contribution in [1.29, 1.82) is 0 Å².